The predicted octanol–water partition coefficient (Wildman–Crippen LogP) is 0.915. The molecule has 0 aliphatic carbocycles. The highest BCUT2D eigenvalue weighted by Crippen LogP contribution is 2.28. The summed E-state index contributed by atoms with van der Waals surface area (Å²) >= 11 is 8.06. The van der Waals surface area contributed by atoms with Gasteiger partial charge in [0.25, 0.3) is 35.4 Å². The number of thiol groups is 2. The number of amides is 10. The van der Waals surface area contributed by atoms with E-state index in [0.29, 0.717) is 11.1 Å². The third-order valence-corrected chi connectivity index (χ3v) is 13.1. The van der Waals surface area contributed by atoms with Gasteiger partial charge in [-0.3, -0.25) is 77.4 Å². The molecule has 0 saturated heterocycles. The average Bonchev–Trinajstić information content (AvgIpc) is 3.91. The molecule has 0 radical (unpaired) electrons. The van der Waals surface area contributed by atoms with Gasteiger partial charge in [0.2, 0.25) is 23.6 Å². The van der Waals surface area contributed by atoms with Crippen LogP contribution in [0, 0.1) is 11.8 Å². The highest BCUT2D eigenvalue weighted by atomic mass is 32.1. The number of imide groups is 2. The Kier molecular flexibility index (Phi) is 24.3. The minimum atomic E-state index is -1.12. The standard InChI is InChI=1S/C52H64N10O16S2/c1-29(51(75)76)21-33(55-49(73)37(27-79)53-3)23-31-5-7-39(63)35(25-31)57-41(65)13-19-61(47(71)15-17-59-43(67)9-10-44(59)68)62(48(72)16-18-60-45(69)11-12-46(60)70)20-14-42(66)58-36-26-32(6-8-40(36)64)24-34(22-30(2)52(77)78)56-50(74)38(28-80)54-4/h5-12,25-30,33-34,53-54,63-64,79-80H,13-24H2,1-4H3,(H,55,73)(H,56,74)(H,57,65)(H,58,66)(H,75,76)(H,77,78)/b37-27-,38-28-/t29?,30?,33-,34-/m1/s1. The van der Waals surface area contributed by atoms with E-state index in [1.54, 1.807) is 0 Å². The van der Waals surface area contributed by atoms with E-state index in [-0.39, 0.29) is 48.5 Å². The number of hydrazine groups is 1. The summed E-state index contributed by atoms with van der Waals surface area (Å²) in [5.74, 6) is -12.5. The number of carboxylic acids is 2. The van der Waals surface area contributed by atoms with Crippen molar-refractivity contribution in [2.45, 2.75) is 77.3 Å². The molecule has 2 aromatic carbocycles. The number of anilines is 2. The maximum atomic E-state index is 14.3. The number of aromatic hydroxyl groups is 2. The molecule has 4 atom stereocenters. The lowest BCUT2D eigenvalue weighted by molar-refractivity contribution is -0.166. The van der Waals surface area contributed by atoms with Crippen molar-refractivity contribution >= 4 is 108 Å². The van der Waals surface area contributed by atoms with Crippen LogP contribution in [0.3, 0.4) is 0 Å². The summed E-state index contributed by atoms with van der Waals surface area (Å²) in [6.45, 7) is 0.691. The van der Waals surface area contributed by atoms with Gasteiger partial charge in [-0.2, -0.15) is 0 Å². The van der Waals surface area contributed by atoms with E-state index >= 15 is 0 Å². The molecule has 4 rings (SSSR count). The molecule has 2 aromatic rings. The number of benzene rings is 2. The molecule has 430 valence electrons. The summed E-state index contributed by atoms with van der Waals surface area (Å²) in [5.41, 5.74) is 0.769. The number of likely N-dealkylation sites (N-methyl/N-ethyl adjacent to an activating group) is 2. The second-order valence-electron chi connectivity index (χ2n) is 18.4. The maximum absolute atomic E-state index is 14.3. The third kappa shape index (κ3) is 18.8. The third-order valence-electron chi connectivity index (χ3n) is 12.6. The Hall–Kier alpha value is -8.66. The average molecular weight is 1150 g/mol. The number of carboxylic acid groups (broad SMARTS) is 2. The Morgan fingerprint density at radius 1 is 0.562 bits per heavy atom. The zero-order chi connectivity index (χ0) is 59.4. The SMILES string of the molecule is CN/C(=C\S)C(=O)N[C@@H](Cc1ccc(O)c(NC(=O)CCN(C(=O)CCN2C(=O)C=CC2=O)N(CCC(=O)Nc2cc(C[C@@H](CC(C)C(=O)O)NC(=O)/C(=C/S)NC)ccc2O)C(=O)CCN2C(=O)C=CC2=O)c1)CC(C)C(=O)O. The molecule has 2 aliphatic rings. The van der Waals surface area contributed by atoms with E-state index in [4.69, 9.17) is 0 Å². The van der Waals surface area contributed by atoms with Gasteiger partial charge < -0.3 is 52.3 Å². The summed E-state index contributed by atoms with van der Waals surface area (Å²) in [4.78, 5) is 157. The highest BCUT2D eigenvalue weighted by Gasteiger charge is 2.32. The van der Waals surface area contributed by atoms with Gasteiger partial charge in [-0.05, 0) is 71.9 Å². The van der Waals surface area contributed by atoms with Crippen LogP contribution in [0.4, 0.5) is 11.4 Å². The molecule has 0 aromatic heterocycles. The van der Waals surface area contributed by atoms with Crippen LogP contribution in [0.15, 0.2) is 82.9 Å². The monoisotopic (exact) mass is 1150 g/mol. The number of carbonyl (C=O) groups is 12. The zero-order valence-corrected chi connectivity index (χ0v) is 45.9. The Bertz CT molecular complexity index is 2650. The fourth-order valence-electron chi connectivity index (χ4n) is 8.21. The van der Waals surface area contributed by atoms with Crippen LogP contribution in [-0.2, 0) is 70.4 Å². The topological polar surface area (TPSA) is 371 Å². The van der Waals surface area contributed by atoms with E-state index in [9.17, 15) is 78.0 Å². The number of nitrogens with zero attached hydrogens (tertiary/aromatic N) is 4. The van der Waals surface area contributed by atoms with E-state index < -0.39 is 158 Å². The lowest BCUT2D eigenvalue weighted by Crippen LogP contribution is -2.53. The first-order chi connectivity index (χ1) is 37.9. The quantitative estimate of drug-likeness (QED) is 0.0170. The number of rotatable bonds is 30. The summed E-state index contributed by atoms with van der Waals surface area (Å²) < 4.78 is 0. The molecule has 0 saturated carbocycles. The van der Waals surface area contributed by atoms with Crippen LogP contribution < -0.4 is 31.9 Å². The van der Waals surface area contributed by atoms with Crippen molar-refractivity contribution in [3.05, 3.63) is 94.0 Å². The molecule has 26 nitrogen and oxygen atoms in total. The molecule has 2 aliphatic heterocycles. The van der Waals surface area contributed by atoms with Crippen LogP contribution in [-0.4, -0.2) is 164 Å². The minimum Gasteiger partial charge on any atom is -0.506 e. The number of nitrogens with one attached hydrogen (secondary N) is 6. The Morgan fingerprint density at radius 2 is 0.900 bits per heavy atom. The van der Waals surface area contributed by atoms with Crippen LogP contribution in [0.25, 0.3) is 0 Å². The molecule has 10 amide bonds. The lowest BCUT2D eigenvalue weighted by Gasteiger charge is -2.35. The number of phenolic OH excluding ortho intramolecular Hbond substituents is 2. The fraction of sp³-hybridized carbons (Fsp3) is 0.385. The Morgan fingerprint density at radius 3 is 1.20 bits per heavy atom. The van der Waals surface area contributed by atoms with Gasteiger partial charge in [-0.15, -0.1) is 25.3 Å². The van der Waals surface area contributed by atoms with E-state index in [2.05, 4.69) is 57.2 Å². The fourth-order valence-corrected chi connectivity index (χ4v) is 8.70. The number of carbonyl (C=O) groups excluding carboxylic acids is 10. The van der Waals surface area contributed by atoms with Crippen molar-refractivity contribution in [3.63, 3.8) is 0 Å². The molecule has 10 N–H and O–H groups in total. The Balaban J connectivity index is 1.63. The predicted molar refractivity (Wildman–Crippen MR) is 293 cm³/mol. The Labute approximate surface area is 470 Å². The number of hydrogen-bond donors (Lipinski definition) is 12. The summed E-state index contributed by atoms with van der Waals surface area (Å²) in [6.07, 6.45) is 1.51. The van der Waals surface area contributed by atoms with Gasteiger partial charge >= 0.3 is 11.9 Å². The highest BCUT2D eigenvalue weighted by molar-refractivity contribution is 7.83. The van der Waals surface area contributed by atoms with Crippen molar-refractivity contribution in [1.82, 2.24) is 41.1 Å². The number of aliphatic carboxylic acids is 2. The summed E-state index contributed by atoms with van der Waals surface area (Å²) in [7, 11) is 2.98. The normalized spacial score (nSPS) is 14.7. The lowest BCUT2D eigenvalue weighted by atomic mass is 9.95. The van der Waals surface area contributed by atoms with Crippen molar-refractivity contribution in [3.8, 4) is 11.5 Å². The van der Waals surface area contributed by atoms with E-state index in [1.807, 2.05) is 0 Å². The van der Waals surface area contributed by atoms with Crippen LogP contribution in [0.2, 0.25) is 0 Å². The molecule has 0 fully saturated rings. The number of hydrogen-bond acceptors (Lipinski definition) is 18. The van der Waals surface area contributed by atoms with Gasteiger partial charge in [0.1, 0.15) is 22.9 Å². The van der Waals surface area contributed by atoms with Crippen molar-refractivity contribution in [2.75, 3.05) is 50.9 Å². The van der Waals surface area contributed by atoms with Crippen molar-refractivity contribution in [1.29, 1.82) is 0 Å². The van der Waals surface area contributed by atoms with Gasteiger partial charge in [-0.25, -0.2) is 0 Å². The van der Waals surface area contributed by atoms with Gasteiger partial charge in [0, 0.05) is 89.3 Å². The zero-order valence-electron chi connectivity index (χ0n) is 44.1. The van der Waals surface area contributed by atoms with Crippen LogP contribution in [0.5, 0.6) is 11.5 Å². The van der Waals surface area contributed by atoms with Gasteiger partial charge in [0.15, 0.2) is 0 Å². The van der Waals surface area contributed by atoms with Crippen LogP contribution >= 0.6 is 25.3 Å². The number of phenols is 2. The summed E-state index contributed by atoms with van der Waals surface area (Å²) in [5, 5.41) is 60.9. The molecular weight excluding hydrogens is 1080 g/mol. The van der Waals surface area contributed by atoms with Crippen molar-refractivity contribution in [2.24, 2.45) is 11.8 Å². The first kappa shape index (κ1) is 63.9. The van der Waals surface area contributed by atoms with Crippen LogP contribution in [0.1, 0.15) is 63.5 Å². The molecule has 80 heavy (non-hydrogen) atoms. The van der Waals surface area contributed by atoms with E-state index in [0.717, 1.165) is 44.1 Å². The van der Waals surface area contributed by atoms with Gasteiger partial charge in [0.05, 0.1) is 36.3 Å². The molecule has 0 spiro atoms. The first-order valence-electron chi connectivity index (χ1n) is 24.9. The molecule has 28 heteroatoms. The van der Waals surface area contributed by atoms with Crippen molar-refractivity contribution < 1.29 is 78.0 Å². The first-order valence-corrected chi connectivity index (χ1v) is 26.0. The molecule has 2 unspecified atom stereocenters. The second kappa shape index (κ2) is 30.5. The molecule has 2 heterocycles. The minimum absolute atomic E-state index is 0.0188. The van der Waals surface area contributed by atoms with E-state index in [1.165, 1.54) is 75.2 Å². The molecule has 0 bridgehead atoms. The molecular formula is C52H64N10O16S2. The second-order valence-corrected chi connectivity index (χ2v) is 19.0. The van der Waals surface area contributed by atoms with Gasteiger partial charge in [-0.1, -0.05) is 26.0 Å². The maximum Gasteiger partial charge on any atom is 0.306 e. The summed E-state index contributed by atoms with van der Waals surface area (Å²) in [6, 6.07) is 6.68. The largest absolute Gasteiger partial charge is 0.506 e. The smallest absolute Gasteiger partial charge is 0.306 e.